The number of para-hydroxylation sites is 2. The molecule has 0 atom stereocenters. The molecule has 0 unspecified atom stereocenters. The maximum absolute atomic E-state index is 12.8. The Bertz CT molecular complexity index is 921. The Morgan fingerprint density at radius 1 is 1.00 bits per heavy atom. The first kappa shape index (κ1) is 20.2. The summed E-state index contributed by atoms with van der Waals surface area (Å²) in [5.74, 6) is -0.203. The summed E-state index contributed by atoms with van der Waals surface area (Å²) in [4.78, 5) is 15.8. The molecule has 7 nitrogen and oxygen atoms in total. The monoisotopic (exact) mass is 402 g/mol. The van der Waals surface area contributed by atoms with Gasteiger partial charge >= 0.3 is 0 Å². The van der Waals surface area contributed by atoms with Crippen molar-refractivity contribution in [3.8, 4) is 0 Å². The van der Waals surface area contributed by atoms with Gasteiger partial charge in [0.2, 0.25) is 5.91 Å². The van der Waals surface area contributed by atoms with Gasteiger partial charge in [0.25, 0.3) is 10.0 Å². The fourth-order valence-corrected chi connectivity index (χ4v) is 4.34. The second-order valence-electron chi connectivity index (χ2n) is 6.75. The molecule has 0 aromatic heterocycles. The van der Waals surface area contributed by atoms with Crippen LogP contribution in [-0.2, 0) is 14.8 Å². The molecule has 8 heteroatoms. The normalized spacial score (nSPS) is 15.3. The predicted octanol–water partition coefficient (Wildman–Crippen LogP) is 2.59. The quantitative estimate of drug-likeness (QED) is 0.776. The van der Waals surface area contributed by atoms with Crippen LogP contribution in [0.2, 0.25) is 0 Å². The summed E-state index contributed by atoms with van der Waals surface area (Å²) in [5, 5.41) is 2.63. The third kappa shape index (κ3) is 4.82. The van der Waals surface area contributed by atoms with E-state index in [-0.39, 0.29) is 10.8 Å². The van der Waals surface area contributed by atoms with Crippen molar-refractivity contribution < 1.29 is 13.2 Å². The average Bonchev–Trinajstić information content (AvgIpc) is 2.68. The summed E-state index contributed by atoms with van der Waals surface area (Å²) in [6.07, 6.45) is 0. The number of carbonyl (C=O) groups excluding carboxylic acids is 1. The molecule has 28 heavy (non-hydrogen) atoms. The summed E-state index contributed by atoms with van der Waals surface area (Å²) < 4.78 is 28.4. The molecule has 0 aliphatic carbocycles. The van der Waals surface area contributed by atoms with Gasteiger partial charge in [-0.3, -0.25) is 9.52 Å². The number of nitrogens with one attached hydrogen (secondary N) is 2. The molecule has 1 amide bonds. The van der Waals surface area contributed by atoms with Crippen LogP contribution in [0.5, 0.6) is 0 Å². The van der Waals surface area contributed by atoms with E-state index in [1.807, 2.05) is 18.2 Å². The maximum atomic E-state index is 12.8. The smallest absolute Gasteiger partial charge is 0.261 e. The third-order valence-electron chi connectivity index (χ3n) is 4.79. The lowest BCUT2D eigenvalue weighted by Crippen LogP contribution is -2.46. The number of piperazine rings is 1. The highest BCUT2D eigenvalue weighted by molar-refractivity contribution is 7.92. The van der Waals surface area contributed by atoms with Gasteiger partial charge in [0, 0.05) is 38.8 Å². The van der Waals surface area contributed by atoms with Crippen molar-refractivity contribution in [3.05, 3.63) is 48.5 Å². The second-order valence-corrected chi connectivity index (χ2v) is 8.43. The van der Waals surface area contributed by atoms with Crippen LogP contribution in [0.1, 0.15) is 13.8 Å². The largest absolute Gasteiger partial charge is 0.367 e. The highest BCUT2D eigenvalue weighted by atomic mass is 32.2. The number of sulfonamides is 1. The Kier molecular flexibility index (Phi) is 6.21. The van der Waals surface area contributed by atoms with Crippen molar-refractivity contribution >= 4 is 33.0 Å². The van der Waals surface area contributed by atoms with Crippen LogP contribution in [0.3, 0.4) is 0 Å². The van der Waals surface area contributed by atoms with Gasteiger partial charge in [-0.15, -0.1) is 0 Å². The molecular formula is C20H26N4O3S. The van der Waals surface area contributed by atoms with E-state index in [1.165, 1.54) is 19.1 Å². The molecular weight excluding hydrogens is 376 g/mol. The van der Waals surface area contributed by atoms with Gasteiger partial charge in [0.1, 0.15) is 0 Å². The van der Waals surface area contributed by atoms with Crippen molar-refractivity contribution in [3.63, 3.8) is 0 Å². The number of nitrogens with zero attached hydrogens (tertiary/aromatic N) is 2. The number of amides is 1. The summed E-state index contributed by atoms with van der Waals surface area (Å²) in [6, 6.07) is 13.6. The van der Waals surface area contributed by atoms with Crippen molar-refractivity contribution in [2.24, 2.45) is 0 Å². The zero-order chi connectivity index (χ0) is 20.1. The van der Waals surface area contributed by atoms with E-state index >= 15 is 0 Å². The Hall–Kier alpha value is -2.58. The molecule has 1 saturated heterocycles. The molecule has 0 bridgehead atoms. The standard InChI is InChI=1S/C20H26N4O3S/c1-3-23-12-14-24(15-13-23)20-7-5-4-6-19(20)22-28(26,27)18-10-8-17(9-11-18)21-16(2)25/h4-11,22H,3,12-15H2,1-2H3,(H,21,25). The number of likely N-dealkylation sites (N-methyl/N-ethyl adjacent to an activating group) is 1. The minimum absolute atomic E-state index is 0.146. The van der Waals surface area contributed by atoms with E-state index in [1.54, 1.807) is 18.2 Å². The zero-order valence-corrected chi connectivity index (χ0v) is 17.0. The van der Waals surface area contributed by atoms with Crippen LogP contribution in [-0.4, -0.2) is 51.9 Å². The molecule has 0 saturated carbocycles. The summed E-state index contributed by atoms with van der Waals surface area (Å²) >= 11 is 0. The summed E-state index contributed by atoms with van der Waals surface area (Å²) in [5.41, 5.74) is 2.01. The van der Waals surface area contributed by atoms with E-state index in [9.17, 15) is 13.2 Å². The van der Waals surface area contributed by atoms with Crippen molar-refractivity contribution in [2.45, 2.75) is 18.7 Å². The van der Waals surface area contributed by atoms with Gasteiger partial charge in [0.15, 0.2) is 0 Å². The first-order valence-corrected chi connectivity index (χ1v) is 10.8. The lowest BCUT2D eigenvalue weighted by molar-refractivity contribution is -0.114. The van der Waals surface area contributed by atoms with Crippen LogP contribution in [0.4, 0.5) is 17.1 Å². The predicted molar refractivity (Wildman–Crippen MR) is 112 cm³/mol. The lowest BCUT2D eigenvalue weighted by atomic mass is 10.2. The maximum Gasteiger partial charge on any atom is 0.261 e. The summed E-state index contributed by atoms with van der Waals surface area (Å²) in [7, 11) is -3.73. The van der Waals surface area contributed by atoms with E-state index in [0.717, 1.165) is 38.4 Å². The van der Waals surface area contributed by atoms with Crippen molar-refractivity contribution in [2.75, 3.05) is 47.7 Å². The fourth-order valence-electron chi connectivity index (χ4n) is 3.27. The fraction of sp³-hybridized carbons (Fsp3) is 0.350. The van der Waals surface area contributed by atoms with E-state index < -0.39 is 10.0 Å². The molecule has 3 rings (SSSR count). The van der Waals surface area contributed by atoms with Gasteiger partial charge in [-0.2, -0.15) is 0 Å². The van der Waals surface area contributed by atoms with Gasteiger partial charge in [0.05, 0.1) is 16.3 Å². The SMILES string of the molecule is CCN1CCN(c2ccccc2NS(=O)(=O)c2ccc(NC(C)=O)cc2)CC1. The molecule has 0 spiro atoms. The molecule has 1 aliphatic heterocycles. The first-order chi connectivity index (χ1) is 13.4. The van der Waals surface area contributed by atoms with Gasteiger partial charge in [-0.05, 0) is 42.9 Å². The molecule has 2 N–H and O–H groups in total. The van der Waals surface area contributed by atoms with Crippen LogP contribution >= 0.6 is 0 Å². The molecule has 2 aromatic carbocycles. The number of hydrogen-bond donors (Lipinski definition) is 2. The van der Waals surface area contributed by atoms with Crippen molar-refractivity contribution in [1.29, 1.82) is 0 Å². The average molecular weight is 403 g/mol. The molecule has 0 radical (unpaired) electrons. The van der Waals surface area contributed by atoms with E-state index in [4.69, 9.17) is 0 Å². The Morgan fingerprint density at radius 3 is 2.25 bits per heavy atom. The van der Waals surface area contributed by atoms with Gasteiger partial charge in [-0.25, -0.2) is 8.42 Å². The molecule has 1 fully saturated rings. The second kappa shape index (κ2) is 8.62. The number of benzene rings is 2. The molecule has 1 heterocycles. The van der Waals surface area contributed by atoms with E-state index in [2.05, 4.69) is 26.8 Å². The highest BCUT2D eigenvalue weighted by Crippen LogP contribution is 2.29. The number of anilines is 3. The molecule has 150 valence electrons. The summed E-state index contributed by atoms with van der Waals surface area (Å²) in [6.45, 7) is 8.22. The molecule has 1 aliphatic rings. The minimum atomic E-state index is -3.73. The third-order valence-corrected chi connectivity index (χ3v) is 6.17. The Labute approximate surface area is 166 Å². The van der Waals surface area contributed by atoms with Crippen LogP contribution in [0.25, 0.3) is 0 Å². The van der Waals surface area contributed by atoms with Gasteiger partial charge < -0.3 is 15.1 Å². The number of carbonyl (C=O) groups is 1. The molecule has 2 aromatic rings. The highest BCUT2D eigenvalue weighted by Gasteiger charge is 2.21. The van der Waals surface area contributed by atoms with Crippen LogP contribution in [0.15, 0.2) is 53.4 Å². The van der Waals surface area contributed by atoms with Gasteiger partial charge in [-0.1, -0.05) is 19.1 Å². The number of hydrogen-bond acceptors (Lipinski definition) is 5. The Balaban J connectivity index is 1.78. The number of rotatable bonds is 6. The van der Waals surface area contributed by atoms with Crippen LogP contribution < -0.4 is 14.9 Å². The van der Waals surface area contributed by atoms with Crippen LogP contribution in [0, 0.1) is 0 Å². The zero-order valence-electron chi connectivity index (χ0n) is 16.2. The van der Waals surface area contributed by atoms with Crippen molar-refractivity contribution in [1.82, 2.24) is 4.90 Å². The minimum Gasteiger partial charge on any atom is -0.367 e. The topological polar surface area (TPSA) is 81.8 Å². The Morgan fingerprint density at radius 2 is 1.64 bits per heavy atom. The first-order valence-electron chi connectivity index (χ1n) is 9.36. The van der Waals surface area contributed by atoms with E-state index in [0.29, 0.717) is 11.4 Å². The lowest BCUT2D eigenvalue weighted by Gasteiger charge is -2.36.